The summed E-state index contributed by atoms with van der Waals surface area (Å²) >= 11 is 0. The van der Waals surface area contributed by atoms with Gasteiger partial charge < -0.3 is 18.3 Å². The largest absolute Gasteiger partial charge is 0.497 e. The van der Waals surface area contributed by atoms with Crippen LogP contribution in [0.25, 0.3) is 0 Å². The minimum atomic E-state index is -2.85. The Morgan fingerprint density at radius 1 is 0.804 bits per heavy atom. The fraction of sp³-hybridized carbons (Fsp3) is 0.511. The average molecular weight is 727 g/mol. The molecule has 1 aliphatic rings. The maximum atomic E-state index is 7.83. The zero-order chi connectivity index (χ0) is 37.7. The van der Waals surface area contributed by atoms with Crippen LogP contribution in [0.1, 0.15) is 80.2 Å². The second kappa shape index (κ2) is 16.1. The Morgan fingerprint density at radius 3 is 1.80 bits per heavy atom. The molecule has 1 saturated carbocycles. The summed E-state index contributed by atoms with van der Waals surface area (Å²) in [6, 6.07) is 30.1. The van der Waals surface area contributed by atoms with Gasteiger partial charge in [0.25, 0.3) is 8.32 Å². The van der Waals surface area contributed by atoms with Gasteiger partial charge >= 0.3 is 0 Å². The van der Waals surface area contributed by atoms with Gasteiger partial charge in [-0.05, 0) is 81.8 Å². The highest BCUT2D eigenvalue weighted by Crippen LogP contribution is 2.57. The Hall–Kier alpha value is -2.75. The van der Waals surface area contributed by atoms with Crippen molar-refractivity contribution in [3.63, 3.8) is 0 Å². The van der Waals surface area contributed by atoms with E-state index in [0.717, 1.165) is 30.6 Å². The van der Waals surface area contributed by atoms with Crippen molar-refractivity contribution in [2.24, 2.45) is 16.7 Å². The average Bonchev–Trinajstić information content (AvgIpc) is 3.07. The lowest BCUT2D eigenvalue weighted by Crippen LogP contribution is -2.71. The van der Waals surface area contributed by atoms with E-state index < -0.39 is 16.6 Å². The fourth-order valence-corrected chi connectivity index (χ4v) is 13.8. The van der Waals surface area contributed by atoms with Crippen molar-refractivity contribution in [2.45, 2.75) is 117 Å². The molecule has 0 aromatic heterocycles. The molecule has 51 heavy (non-hydrogen) atoms. The monoisotopic (exact) mass is 726 g/mol. The van der Waals surface area contributed by atoms with Crippen LogP contribution in [0.15, 0.2) is 110 Å². The number of hydrogen-bond donors (Lipinski definition) is 0. The minimum Gasteiger partial charge on any atom is -0.497 e. The molecule has 0 aliphatic heterocycles. The SMILES string of the molecule is C=CCC(C)(C)CC(C=C)[C@@]1(CO[Si](c2ccccc2)(c2ccccc2)C(C)(C)C)C[C@@H](OCc2ccc(OC)cc2)[C@H]1O[Si](C)(C)C(C)(C)C. The molecule has 0 radical (unpaired) electrons. The van der Waals surface area contributed by atoms with E-state index in [0.29, 0.717) is 13.2 Å². The quantitative estimate of drug-likeness (QED) is 0.103. The highest BCUT2D eigenvalue weighted by Gasteiger charge is 2.63. The van der Waals surface area contributed by atoms with Crippen molar-refractivity contribution in [2.75, 3.05) is 13.7 Å². The molecule has 4 atom stereocenters. The van der Waals surface area contributed by atoms with E-state index >= 15 is 0 Å². The highest BCUT2D eigenvalue weighted by molar-refractivity contribution is 6.99. The first-order chi connectivity index (χ1) is 23.9. The van der Waals surface area contributed by atoms with Gasteiger partial charge in [0.05, 0.1) is 25.9 Å². The molecule has 3 aromatic rings. The van der Waals surface area contributed by atoms with Gasteiger partial charge in [0.2, 0.25) is 0 Å². The number of methoxy groups -OCH3 is 1. The predicted octanol–water partition coefficient (Wildman–Crippen LogP) is 10.7. The molecular weight excluding hydrogens is 661 g/mol. The van der Waals surface area contributed by atoms with Crippen LogP contribution in [0, 0.1) is 16.7 Å². The third kappa shape index (κ3) is 8.90. The van der Waals surface area contributed by atoms with Gasteiger partial charge in [-0.1, -0.05) is 140 Å². The molecule has 3 aromatic carbocycles. The van der Waals surface area contributed by atoms with Crippen LogP contribution < -0.4 is 15.1 Å². The highest BCUT2D eigenvalue weighted by atomic mass is 28.4. The first kappa shape index (κ1) is 41.0. The number of hydrogen-bond acceptors (Lipinski definition) is 4. The Morgan fingerprint density at radius 2 is 1.35 bits per heavy atom. The van der Waals surface area contributed by atoms with E-state index in [1.807, 2.05) is 12.1 Å². The van der Waals surface area contributed by atoms with Crippen LogP contribution in [-0.4, -0.2) is 42.6 Å². The third-order valence-electron chi connectivity index (χ3n) is 11.8. The number of ether oxygens (including phenoxy) is 2. The molecule has 0 bridgehead atoms. The molecule has 4 rings (SSSR count). The summed E-state index contributed by atoms with van der Waals surface area (Å²) in [5.41, 5.74) is 0.810. The normalized spacial score (nSPS) is 20.7. The smallest absolute Gasteiger partial charge is 0.261 e. The van der Waals surface area contributed by atoms with Crippen molar-refractivity contribution in [1.82, 2.24) is 0 Å². The fourth-order valence-electron chi connectivity index (χ4n) is 7.77. The second-order valence-electron chi connectivity index (χ2n) is 18.1. The minimum absolute atomic E-state index is 0.0273. The summed E-state index contributed by atoms with van der Waals surface area (Å²) in [6.07, 6.45) is 6.73. The first-order valence-corrected chi connectivity index (χ1v) is 23.6. The summed E-state index contributed by atoms with van der Waals surface area (Å²) in [6.45, 7) is 33.2. The van der Waals surface area contributed by atoms with E-state index in [-0.39, 0.29) is 39.0 Å². The van der Waals surface area contributed by atoms with Crippen LogP contribution in [0.2, 0.25) is 23.2 Å². The van der Waals surface area contributed by atoms with Crippen LogP contribution in [0.3, 0.4) is 0 Å². The van der Waals surface area contributed by atoms with E-state index in [9.17, 15) is 0 Å². The number of rotatable bonds is 17. The van der Waals surface area contributed by atoms with E-state index in [1.165, 1.54) is 10.4 Å². The summed E-state index contributed by atoms with van der Waals surface area (Å²) in [5, 5.41) is 2.45. The lowest BCUT2D eigenvalue weighted by molar-refractivity contribution is -0.215. The molecule has 0 amide bonds. The Labute approximate surface area is 312 Å². The molecule has 0 heterocycles. The van der Waals surface area contributed by atoms with Crippen molar-refractivity contribution >= 4 is 27.0 Å². The van der Waals surface area contributed by atoms with Crippen LogP contribution >= 0.6 is 0 Å². The van der Waals surface area contributed by atoms with Crippen molar-refractivity contribution in [3.05, 3.63) is 116 Å². The van der Waals surface area contributed by atoms with E-state index in [1.54, 1.807) is 7.11 Å². The van der Waals surface area contributed by atoms with Gasteiger partial charge in [0.15, 0.2) is 8.32 Å². The lowest BCUT2D eigenvalue weighted by atomic mass is 9.55. The third-order valence-corrected chi connectivity index (χ3v) is 21.2. The van der Waals surface area contributed by atoms with E-state index in [2.05, 4.69) is 167 Å². The van der Waals surface area contributed by atoms with Gasteiger partial charge in [0.1, 0.15) is 5.75 Å². The summed E-state index contributed by atoms with van der Waals surface area (Å²) in [7, 11) is -3.40. The van der Waals surface area contributed by atoms with Crippen molar-refractivity contribution in [3.8, 4) is 5.75 Å². The van der Waals surface area contributed by atoms with Gasteiger partial charge in [0, 0.05) is 12.0 Å². The number of allylic oxidation sites excluding steroid dienone is 2. The van der Waals surface area contributed by atoms with Crippen LogP contribution in [0.5, 0.6) is 5.75 Å². The molecule has 1 unspecified atom stereocenters. The number of benzene rings is 3. The van der Waals surface area contributed by atoms with Crippen molar-refractivity contribution < 1.29 is 18.3 Å². The zero-order valence-corrected chi connectivity index (χ0v) is 35.6. The Bertz CT molecular complexity index is 1510. The molecule has 0 spiro atoms. The second-order valence-corrected chi connectivity index (χ2v) is 27.2. The van der Waals surface area contributed by atoms with Gasteiger partial charge in [-0.25, -0.2) is 0 Å². The van der Waals surface area contributed by atoms with Crippen LogP contribution in [-0.2, 0) is 20.2 Å². The maximum Gasteiger partial charge on any atom is 0.261 e. The molecule has 6 heteroatoms. The Kier molecular flexibility index (Phi) is 12.9. The first-order valence-electron chi connectivity index (χ1n) is 18.8. The summed E-state index contributed by atoms with van der Waals surface area (Å²) in [4.78, 5) is 0. The molecule has 278 valence electrons. The Balaban J connectivity index is 1.86. The lowest BCUT2D eigenvalue weighted by Gasteiger charge is -2.61. The topological polar surface area (TPSA) is 36.9 Å². The molecular formula is C45H66O4Si2. The van der Waals surface area contributed by atoms with Gasteiger partial charge in [-0.2, -0.15) is 0 Å². The molecule has 4 nitrogen and oxygen atoms in total. The molecule has 1 aliphatic carbocycles. The van der Waals surface area contributed by atoms with Gasteiger partial charge in [-0.15, -0.1) is 13.2 Å². The molecule has 0 N–H and O–H groups in total. The molecule has 0 saturated heterocycles. The molecule has 1 fully saturated rings. The van der Waals surface area contributed by atoms with Gasteiger partial charge in [-0.3, -0.25) is 0 Å². The zero-order valence-electron chi connectivity index (χ0n) is 33.6. The predicted molar refractivity (Wildman–Crippen MR) is 221 cm³/mol. The maximum absolute atomic E-state index is 7.83. The van der Waals surface area contributed by atoms with Crippen LogP contribution in [0.4, 0.5) is 0 Å². The van der Waals surface area contributed by atoms with Crippen molar-refractivity contribution in [1.29, 1.82) is 0 Å². The van der Waals surface area contributed by atoms with E-state index in [4.69, 9.17) is 18.3 Å². The summed E-state index contributed by atoms with van der Waals surface area (Å²) < 4.78 is 27.7. The standard InChI is InChI=1S/C45H66O4Si2/c1-14-30-44(9,10)31-36(15-2)45(34-48-51(43(6,7)8,38-22-18-16-19-23-38)39-24-20-17-21-25-39)32-40(41(45)49-50(12,13)42(3,4)5)47-33-35-26-28-37(46-11)29-27-35/h14-29,36,40-41H,1-2,30-34H2,3-13H3/t36?,40-,41-,45+/m1/s1. The summed E-state index contributed by atoms with van der Waals surface area (Å²) in [5.74, 6) is 0.985.